The molecule has 0 fully saturated rings. The summed E-state index contributed by atoms with van der Waals surface area (Å²) in [6, 6.07) is 18.5. The van der Waals surface area contributed by atoms with E-state index in [4.69, 9.17) is 0 Å². The molecular formula is C25H27N5OS. The minimum atomic E-state index is -0.0223. The molecule has 0 saturated heterocycles. The van der Waals surface area contributed by atoms with Crippen molar-refractivity contribution in [1.82, 2.24) is 24.9 Å². The average molecular weight is 446 g/mol. The molecule has 0 aliphatic rings. The van der Waals surface area contributed by atoms with Crippen LogP contribution in [0.3, 0.4) is 0 Å². The zero-order valence-electron chi connectivity index (χ0n) is 18.6. The van der Waals surface area contributed by atoms with Gasteiger partial charge in [-0.05, 0) is 49.4 Å². The molecule has 7 heteroatoms. The molecule has 0 aliphatic carbocycles. The van der Waals surface area contributed by atoms with Crippen LogP contribution in [0, 0.1) is 20.8 Å². The molecule has 0 radical (unpaired) electrons. The molecule has 1 N–H and O–H groups in total. The van der Waals surface area contributed by atoms with Crippen molar-refractivity contribution in [2.45, 2.75) is 38.8 Å². The second kappa shape index (κ2) is 9.96. The Morgan fingerprint density at radius 2 is 1.75 bits per heavy atom. The minimum absolute atomic E-state index is 0.0223. The molecule has 2 heterocycles. The number of fused-ring (bicyclic) bond motifs is 1. The van der Waals surface area contributed by atoms with E-state index in [0.29, 0.717) is 17.5 Å². The summed E-state index contributed by atoms with van der Waals surface area (Å²) >= 11 is 1.33. The average Bonchev–Trinajstić information content (AvgIpc) is 3.20. The van der Waals surface area contributed by atoms with E-state index in [1.165, 1.54) is 28.5 Å². The van der Waals surface area contributed by atoms with Crippen LogP contribution in [0.1, 0.15) is 33.6 Å². The molecule has 164 valence electrons. The Balaban J connectivity index is 1.40. The van der Waals surface area contributed by atoms with Crippen LogP contribution < -0.4 is 5.32 Å². The van der Waals surface area contributed by atoms with Crippen LogP contribution in [0.5, 0.6) is 0 Å². The lowest BCUT2D eigenvalue weighted by molar-refractivity contribution is -0.118. The van der Waals surface area contributed by atoms with Crippen molar-refractivity contribution >= 4 is 23.4 Å². The van der Waals surface area contributed by atoms with Crippen LogP contribution in [-0.4, -0.2) is 37.8 Å². The highest BCUT2D eigenvalue weighted by molar-refractivity contribution is 7.99. The molecule has 32 heavy (non-hydrogen) atoms. The predicted octanol–water partition coefficient (Wildman–Crippen LogP) is 4.09. The van der Waals surface area contributed by atoms with Crippen LogP contribution in [0.2, 0.25) is 0 Å². The quantitative estimate of drug-likeness (QED) is 0.414. The Labute approximate surface area is 192 Å². The number of nitrogens with one attached hydrogen (secondary N) is 1. The standard InChI is InChI=1S/C25H27N5OS/c1-17-9-7-8-12-21(17)15-22-18(2)27-24-28-25(29-30(24)19(22)3)32-16-23(31)26-14-13-20-10-5-4-6-11-20/h4-12H,13-16H2,1-3H3,(H,26,31). The first kappa shape index (κ1) is 22.0. The first-order chi connectivity index (χ1) is 15.5. The van der Waals surface area contributed by atoms with Gasteiger partial charge in [0.25, 0.3) is 5.78 Å². The summed E-state index contributed by atoms with van der Waals surface area (Å²) in [5.41, 5.74) is 6.90. The molecule has 1 amide bonds. The van der Waals surface area contributed by atoms with Gasteiger partial charge in [-0.15, -0.1) is 5.10 Å². The number of rotatable bonds is 8. The van der Waals surface area contributed by atoms with Gasteiger partial charge in [-0.2, -0.15) is 4.98 Å². The first-order valence-electron chi connectivity index (χ1n) is 10.7. The smallest absolute Gasteiger partial charge is 0.253 e. The maximum atomic E-state index is 12.2. The van der Waals surface area contributed by atoms with Gasteiger partial charge in [-0.1, -0.05) is 66.4 Å². The Morgan fingerprint density at radius 3 is 2.53 bits per heavy atom. The van der Waals surface area contributed by atoms with Crippen molar-refractivity contribution in [3.05, 3.63) is 88.2 Å². The van der Waals surface area contributed by atoms with Gasteiger partial charge < -0.3 is 5.32 Å². The van der Waals surface area contributed by atoms with Crippen molar-refractivity contribution < 1.29 is 4.79 Å². The maximum absolute atomic E-state index is 12.2. The third kappa shape index (κ3) is 5.16. The van der Waals surface area contributed by atoms with Crippen LogP contribution in [0.25, 0.3) is 5.78 Å². The Morgan fingerprint density at radius 1 is 1.00 bits per heavy atom. The number of thioether (sulfide) groups is 1. The number of hydrogen-bond donors (Lipinski definition) is 1. The highest BCUT2D eigenvalue weighted by Gasteiger charge is 2.15. The van der Waals surface area contributed by atoms with Crippen molar-refractivity contribution in [1.29, 1.82) is 0 Å². The molecule has 0 atom stereocenters. The molecule has 0 bridgehead atoms. The maximum Gasteiger partial charge on any atom is 0.253 e. The third-order valence-corrected chi connectivity index (χ3v) is 6.41. The second-order valence-corrected chi connectivity index (χ2v) is 8.79. The van der Waals surface area contributed by atoms with E-state index in [2.05, 4.69) is 70.6 Å². The van der Waals surface area contributed by atoms with Crippen molar-refractivity contribution in [3.63, 3.8) is 0 Å². The van der Waals surface area contributed by atoms with Crippen molar-refractivity contribution in [2.75, 3.05) is 12.3 Å². The second-order valence-electron chi connectivity index (χ2n) is 7.84. The van der Waals surface area contributed by atoms with Gasteiger partial charge in [0.2, 0.25) is 11.1 Å². The van der Waals surface area contributed by atoms with Gasteiger partial charge in [0, 0.05) is 24.4 Å². The van der Waals surface area contributed by atoms with E-state index in [1.807, 2.05) is 25.1 Å². The SMILES string of the molecule is Cc1ccccc1Cc1c(C)nc2nc(SCC(=O)NCCc3ccccc3)nn2c1C. The van der Waals surface area contributed by atoms with E-state index < -0.39 is 0 Å². The Kier molecular flexibility index (Phi) is 6.85. The van der Waals surface area contributed by atoms with Crippen LogP contribution in [-0.2, 0) is 17.6 Å². The van der Waals surface area contributed by atoms with Gasteiger partial charge in [0.1, 0.15) is 0 Å². The van der Waals surface area contributed by atoms with E-state index in [0.717, 1.165) is 29.8 Å². The van der Waals surface area contributed by atoms with E-state index >= 15 is 0 Å². The number of amides is 1. The summed E-state index contributed by atoms with van der Waals surface area (Å²) in [5.74, 6) is 0.825. The summed E-state index contributed by atoms with van der Waals surface area (Å²) in [5, 5.41) is 8.12. The highest BCUT2D eigenvalue weighted by Crippen LogP contribution is 2.21. The molecule has 0 unspecified atom stereocenters. The summed E-state index contributed by atoms with van der Waals surface area (Å²) in [4.78, 5) is 21.4. The zero-order valence-corrected chi connectivity index (χ0v) is 19.4. The number of nitrogens with zero attached hydrogens (tertiary/aromatic N) is 4. The minimum Gasteiger partial charge on any atom is -0.355 e. The highest BCUT2D eigenvalue weighted by atomic mass is 32.2. The first-order valence-corrected chi connectivity index (χ1v) is 11.7. The Bertz CT molecular complexity index is 1240. The molecule has 6 nitrogen and oxygen atoms in total. The summed E-state index contributed by atoms with van der Waals surface area (Å²) in [7, 11) is 0. The van der Waals surface area contributed by atoms with Crippen LogP contribution in [0.15, 0.2) is 59.8 Å². The van der Waals surface area contributed by atoms with Crippen LogP contribution in [0.4, 0.5) is 0 Å². The molecule has 2 aromatic carbocycles. The number of aromatic nitrogens is 4. The summed E-state index contributed by atoms with van der Waals surface area (Å²) in [6.45, 7) is 6.81. The van der Waals surface area contributed by atoms with Crippen molar-refractivity contribution in [2.24, 2.45) is 0 Å². The number of carbonyl (C=O) groups is 1. The lowest BCUT2D eigenvalue weighted by Gasteiger charge is -2.11. The topological polar surface area (TPSA) is 72.2 Å². The fraction of sp³-hybridized carbons (Fsp3) is 0.280. The van der Waals surface area contributed by atoms with E-state index in [9.17, 15) is 4.79 Å². The van der Waals surface area contributed by atoms with Gasteiger partial charge >= 0.3 is 0 Å². The molecule has 4 rings (SSSR count). The normalized spacial score (nSPS) is 11.1. The fourth-order valence-electron chi connectivity index (χ4n) is 3.68. The zero-order chi connectivity index (χ0) is 22.5. The lowest BCUT2D eigenvalue weighted by atomic mass is 9.99. The number of aryl methyl sites for hydroxylation is 3. The molecule has 0 spiro atoms. The molecular weight excluding hydrogens is 418 g/mol. The summed E-state index contributed by atoms with van der Waals surface area (Å²) in [6.07, 6.45) is 1.62. The van der Waals surface area contributed by atoms with Gasteiger partial charge in [-0.3, -0.25) is 4.79 Å². The molecule has 0 aliphatic heterocycles. The molecule has 4 aromatic rings. The molecule has 0 saturated carbocycles. The molecule has 2 aromatic heterocycles. The van der Waals surface area contributed by atoms with E-state index in [1.54, 1.807) is 4.52 Å². The number of hydrogen-bond acceptors (Lipinski definition) is 5. The van der Waals surface area contributed by atoms with Crippen LogP contribution >= 0.6 is 11.8 Å². The van der Waals surface area contributed by atoms with Gasteiger partial charge in [0.15, 0.2) is 0 Å². The number of carbonyl (C=O) groups excluding carboxylic acids is 1. The van der Waals surface area contributed by atoms with Gasteiger partial charge in [-0.25, -0.2) is 9.50 Å². The third-order valence-electron chi connectivity index (χ3n) is 5.57. The van der Waals surface area contributed by atoms with E-state index in [-0.39, 0.29) is 11.7 Å². The van der Waals surface area contributed by atoms with Gasteiger partial charge in [0.05, 0.1) is 5.75 Å². The number of benzene rings is 2. The predicted molar refractivity (Wildman–Crippen MR) is 128 cm³/mol. The summed E-state index contributed by atoms with van der Waals surface area (Å²) < 4.78 is 1.79. The lowest BCUT2D eigenvalue weighted by Crippen LogP contribution is -2.27. The Hall–Kier alpha value is -3.19. The van der Waals surface area contributed by atoms with Crippen molar-refractivity contribution in [3.8, 4) is 0 Å². The fourth-order valence-corrected chi connectivity index (χ4v) is 4.33. The monoisotopic (exact) mass is 445 g/mol. The largest absolute Gasteiger partial charge is 0.355 e.